The van der Waals surface area contributed by atoms with E-state index in [1.807, 2.05) is 6.07 Å². The summed E-state index contributed by atoms with van der Waals surface area (Å²) in [6, 6.07) is 1.41. The molecule has 1 unspecified atom stereocenters. The lowest BCUT2D eigenvalue weighted by molar-refractivity contribution is -0.117. The Morgan fingerprint density at radius 1 is 1.53 bits per heavy atom. The van der Waals surface area contributed by atoms with Gasteiger partial charge in [0, 0.05) is 11.8 Å². The maximum absolute atomic E-state index is 11.7. The number of rotatable bonds is 7. The van der Waals surface area contributed by atoms with Crippen LogP contribution in [0.5, 0.6) is 0 Å². The Morgan fingerprint density at radius 3 is 2.94 bits per heavy atom. The first kappa shape index (κ1) is 13.7. The van der Waals surface area contributed by atoms with E-state index in [1.165, 1.54) is 0 Å². The number of H-pyrrole nitrogens is 1. The summed E-state index contributed by atoms with van der Waals surface area (Å²) in [6.45, 7) is 4.18. The summed E-state index contributed by atoms with van der Waals surface area (Å²) < 4.78 is 0. The molecule has 0 aromatic carbocycles. The number of unbranched alkanes of at least 4 members (excludes halogenated alkanes) is 1. The van der Waals surface area contributed by atoms with Crippen LogP contribution in [0.1, 0.15) is 45.2 Å². The number of hydrogen-bond acceptors (Lipinski definition) is 3. The third-order valence-electron chi connectivity index (χ3n) is 2.61. The lowest BCUT2D eigenvalue weighted by atomic mass is 10.1. The first-order chi connectivity index (χ1) is 8.17. The van der Waals surface area contributed by atoms with Crippen LogP contribution in [0.3, 0.4) is 0 Å². The second-order valence-electron chi connectivity index (χ2n) is 4.27. The molecule has 0 aliphatic carbocycles. The number of hydrogen-bond donors (Lipinski definition) is 3. The summed E-state index contributed by atoms with van der Waals surface area (Å²) in [6.07, 6.45) is 4.71. The van der Waals surface area contributed by atoms with Gasteiger partial charge in [-0.2, -0.15) is 5.10 Å². The van der Waals surface area contributed by atoms with E-state index in [2.05, 4.69) is 29.4 Å². The molecule has 1 atom stereocenters. The van der Waals surface area contributed by atoms with Crippen molar-refractivity contribution >= 4 is 11.7 Å². The highest BCUT2D eigenvalue weighted by molar-refractivity contribution is 5.93. The number of aromatic nitrogens is 2. The minimum atomic E-state index is -0.443. The highest BCUT2D eigenvalue weighted by atomic mass is 16.2. The largest absolute Gasteiger partial charge is 0.320 e. The number of nitrogens with one attached hydrogen (secondary N) is 2. The molecule has 0 fully saturated rings. The van der Waals surface area contributed by atoms with Crippen molar-refractivity contribution < 1.29 is 4.79 Å². The zero-order valence-corrected chi connectivity index (χ0v) is 10.6. The smallest absolute Gasteiger partial charge is 0.242 e. The van der Waals surface area contributed by atoms with Gasteiger partial charge >= 0.3 is 0 Å². The van der Waals surface area contributed by atoms with Gasteiger partial charge in [0.2, 0.25) is 5.91 Å². The molecule has 0 aliphatic heterocycles. The fraction of sp³-hybridized carbons (Fsp3) is 0.667. The lowest BCUT2D eigenvalue weighted by Gasteiger charge is -2.09. The number of carbonyl (C=O) groups excluding carboxylic acids is 1. The van der Waals surface area contributed by atoms with Crippen molar-refractivity contribution in [2.24, 2.45) is 5.73 Å². The highest BCUT2D eigenvalue weighted by Gasteiger charge is 2.13. The molecule has 0 saturated carbocycles. The Morgan fingerprint density at radius 2 is 2.29 bits per heavy atom. The van der Waals surface area contributed by atoms with Crippen LogP contribution < -0.4 is 11.1 Å². The van der Waals surface area contributed by atoms with Gasteiger partial charge in [-0.3, -0.25) is 9.89 Å². The Bertz CT molecular complexity index is 348. The third-order valence-corrected chi connectivity index (χ3v) is 2.61. The van der Waals surface area contributed by atoms with Gasteiger partial charge in [-0.25, -0.2) is 0 Å². The molecule has 1 amide bonds. The SMILES string of the molecule is CCCCC(N)C(=O)Nc1cc(CCC)[nH]n1. The topological polar surface area (TPSA) is 83.8 Å². The minimum Gasteiger partial charge on any atom is -0.320 e. The van der Waals surface area contributed by atoms with Crippen molar-refractivity contribution in [2.45, 2.75) is 52.0 Å². The average Bonchev–Trinajstić information content (AvgIpc) is 2.74. The standard InChI is InChI=1S/C12H22N4O/c1-3-5-7-10(13)12(17)14-11-8-9(6-4-2)15-16-11/h8,10H,3-7,13H2,1-2H3,(H2,14,15,16,17). The number of aryl methyl sites for hydroxylation is 1. The van der Waals surface area contributed by atoms with Gasteiger partial charge in [0.25, 0.3) is 0 Å². The number of nitrogens with two attached hydrogens (primary N) is 1. The maximum atomic E-state index is 11.7. The van der Waals surface area contributed by atoms with Crippen molar-refractivity contribution in [2.75, 3.05) is 5.32 Å². The van der Waals surface area contributed by atoms with Gasteiger partial charge in [-0.05, 0) is 12.8 Å². The van der Waals surface area contributed by atoms with Gasteiger partial charge in [-0.1, -0.05) is 33.1 Å². The number of nitrogens with zero attached hydrogens (tertiary/aromatic N) is 1. The van der Waals surface area contributed by atoms with Gasteiger partial charge < -0.3 is 11.1 Å². The van der Waals surface area contributed by atoms with E-state index in [4.69, 9.17) is 5.73 Å². The van der Waals surface area contributed by atoms with Crippen LogP contribution in [-0.2, 0) is 11.2 Å². The van der Waals surface area contributed by atoms with E-state index in [0.717, 1.165) is 31.4 Å². The van der Waals surface area contributed by atoms with Crippen LogP contribution in [0.4, 0.5) is 5.82 Å². The summed E-state index contributed by atoms with van der Waals surface area (Å²) in [7, 11) is 0. The molecule has 0 saturated heterocycles. The van der Waals surface area contributed by atoms with Crippen LogP contribution in [-0.4, -0.2) is 22.1 Å². The molecule has 1 aromatic heterocycles. The van der Waals surface area contributed by atoms with Gasteiger partial charge in [0.1, 0.15) is 0 Å². The molecule has 1 heterocycles. The average molecular weight is 238 g/mol. The van der Waals surface area contributed by atoms with E-state index in [-0.39, 0.29) is 5.91 Å². The molecule has 5 nitrogen and oxygen atoms in total. The molecule has 0 radical (unpaired) electrons. The number of anilines is 1. The molecule has 1 rings (SSSR count). The second kappa shape index (κ2) is 7.06. The molecule has 0 bridgehead atoms. The van der Waals surface area contributed by atoms with Crippen LogP contribution >= 0.6 is 0 Å². The van der Waals surface area contributed by atoms with Crippen molar-refractivity contribution in [1.82, 2.24) is 10.2 Å². The molecule has 96 valence electrons. The summed E-state index contributed by atoms with van der Waals surface area (Å²) >= 11 is 0. The zero-order chi connectivity index (χ0) is 12.7. The first-order valence-electron chi connectivity index (χ1n) is 6.28. The fourth-order valence-corrected chi connectivity index (χ4v) is 1.60. The van der Waals surface area contributed by atoms with Gasteiger partial charge in [0.05, 0.1) is 6.04 Å². The summed E-state index contributed by atoms with van der Waals surface area (Å²) in [5, 5.41) is 9.64. The van der Waals surface area contributed by atoms with E-state index in [9.17, 15) is 4.79 Å². The van der Waals surface area contributed by atoms with Crippen molar-refractivity contribution in [3.63, 3.8) is 0 Å². The van der Waals surface area contributed by atoms with Crippen LogP contribution in [0, 0.1) is 0 Å². The number of aromatic amines is 1. The molecule has 0 aliphatic rings. The van der Waals surface area contributed by atoms with E-state index in [0.29, 0.717) is 12.2 Å². The lowest BCUT2D eigenvalue weighted by Crippen LogP contribution is -2.35. The molecule has 4 N–H and O–H groups in total. The normalized spacial score (nSPS) is 12.4. The second-order valence-corrected chi connectivity index (χ2v) is 4.27. The summed E-state index contributed by atoms with van der Waals surface area (Å²) in [5.74, 6) is 0.401. The molecular formula is C12H22N4O. The highest BCUT2D eigenvalue weighted by Crippen LogP contribution is 2.08. The molecular weight excluding hydrogens is 216 g/mol. The molecule has 5 heteroatoms. The van der Waals surface area contributed by atoms with Crippen molar-refractivity contribution in [1.29, 1.82) is 0 Å². The van der Waals surface area contributed by atoms with Gasteiger partial charge in [-0.15, -0.1) is 0 Å². The van der Waals surface area contributed by atoms with Crippen molar-refractivity contribution in [3.05, 3.63) is 11.8 Å². The molecule has 1 aromatic rings. The Kier molecular flexibility index (Phi) is 5.69. The molecule has 17 heavy (non-hydrogen) atoms. The Hall–Kier alpha value is -1.36. The van der Waals surface area contributed by atoms with Crippen LogP contribution in [0.25, 0.3) is 0 Å². The van der Waals surface area contributed by atoms with Crippen LogP contribution in [0.15, 0.2) is 6.07 Å². The quantitative estimate of drug-likeness (QED) is 0.677. The number of carbonyl (C=O) groups is 1. The summed E-state index contributed by atoms with van der Waals surface area (Å²) in [5.41, 5.74) is 6.80. The summed E-state index contributed by atoms with van der Waals surface area (Å²) in [4.78, 5) is 11.7. The number of amides is 1. The molecule has 0 spiro atoms. The van der Waals surface area contributed by atoms with E-state index < -0.39 is 6.04 Å². The van der Waals surface area contributed by atoms with Crippen LogP contribution in [0.2, 0.25) is 0 Å². The van der Waals surface area contributed by atoms with E-state index >= 15 is 0 Å². The predicted molar refractivity (Wildman–Crippen MR) is 68.7 cm³/mol. The first-order valence-corrected chi connectivity index (χ1v) is 6.28. The maximum Gasteiger partial charge on any atom is 0.242 e. The zero-order valence-electron chi connectivity index (χ0n) is 10.6. The predicted octanol–water partition coefficient (Wildman–Crippen LogP) is 1.82. The Balaban J connectivity index is 2.43. The van der Waals surface area contributed by atoms with Gasteiger partial charge in [0.15, 0.2) is 5.82 Å². The van der Waals surface area contributed by atoms with E-state index in [1.54, 1.807) is 0 Å². The Labute approximate surface area is 102 Å². The third kappa shape index (κ3) is 4.56. The monoisotopic (exact) mass is 238 g/mol. The fourth-order valence-electron chi connectivity index (χ4n) is 1.60. The van der Waals surface area contributed by atoms with Crippen molar-refractivity contribution in [3.8, 4) is 0 Å². The minimum absolute atomic E-state index is 0.159.